The topological polar surface area (TPSA) is 75.7 Å². The number of sulfone groups is 1. The van der Waals surface area contributed by atoms with E-state index in [1.807, 2.05) is 0 Å². The molecule has 6 fully saturated rings. The molecule has 2 aliphatic heterocycles. The summed E-state index contributed by atoms with van der Waals surface area (Å²) in [6.45, 7) is 25.6. The zero-order chi connectivity index (χ0) is 38.5. The number of fused-ring (bicyclic) bond motifs is 9. The van der Waals surface area contributed by atoms with Gasteiger partial charge in [-0.15, -0.1) is 0 Å². The number of nitrogens with zero attached hydrogens (tertiary/aromatic N) is 1. The molecule has 0 radical (unpaired) electrons. The molecule has 2 heterocycles. The van der Waals surface area contributed by atoms with Gasteiger partial charge in [0.2, 0.25) is 0 Å². The van der Waals surface area contributed by atoms with E-state index in [4.69, 9.17) is 4.74 Å². The van der Waals surface area contributed by atoms with E-state index >= 15 is 0 Å². The van der Waals surface area contributed by atoms with E-state index in [-0.39, 0.29) is 39.5 Å². The Balaban J connectivity index is 0.999. The number of hydrogen-bond acceptors (Lipinski definition) is 6. The molecule has 6 nitrogen and oxygen atoms in total. The molecule has 8 rings (SSSR count). The van der Waals surface area contributed by atoms with Crippen LogP contribution in [-0.2, 0) is 19.4 Å². The summed E-state index contributed by atoms with van der Waals surface area (Å²) >= 11 is 0. The van der Waals surface area contributed by atoms with Gasteiger partial charge in [0.25, 0.3) is 0 Å². The van der Waals surface area contributed by atoms with Crippen LogP contribution >= 0.6 is 0 Å². The molecule has 0 aromatic carbocycles. The van der Waals surface area contributed by atoms with Gasteiger partial charge >= 0.3 is 5.97 Å². The van der Waals surface area contributed by atoms with Crippen molar-refractivity contribution in [3.63, 3.8) is 0 Å². The van der Waals surface area contributed by atoms with Gasteiger partial charge in [0.15, 0.2) is 9.84 Å². The van der Waals surface area contributed by atoms with Crippen LogP contribution in [0.2, 0.25) is 0 Å². The van der Waals surface area contributed by atoms with E-state index in [1.54, 1.807) is 5.57 Å². The average molecular weight is 763 g/mol. The van der Waals surface area contributed by atoms with Crippen molar-refractivity contribution in [2.45, 2.75) is 162 Å². The highest BCUT2D eigenvalue weighted by atomic mass is 32.2. The van der Waals surface area contributed by atoms with Crippen LogP contribution in [0.4, 0.5) is 0 Å². The van der Waals surface area contributed by atoms with Crippen LogP contribution in [0.15, 0.2) is 35.5 Å². The average Bonchev–Trinajstić information content (AvgIpc) is 3.79. The number of carbonyl (C=O) groups excluding carboxylic acids is 1. The number of allylic oxidation sites excluding steroid dienone is 5. The van der Waals surface area contributed by atoms with E-state index in [1.165, 1.54) is 68.9 Å². The Bertz CT molecular complexity index is 1680. The smallest absolute Gasteiger partial charge is 0.309 e. The molecular formula is C47H74N2O4S. The molecule has 0 aromatic rings. The van der Waals surface area contributed by atoms with Crippen LogP contribution in [0.1, 0.15) is 145 Å². The highest BCUT2D eigenvalue weighted by Gasteiger charge is 2.70. The quantitative estimate of drug-likeness (QED) is 0.136. The lowest BCUT2D eigenvalue weighted by molar-refractivity contribution is -0.221. The van der Waals surface area contributed by atoms with Crippen molar-refractivity contribution in [2.24, 2.45) is 57.2 Å². The van der Waals surface area contributed by atoms with Crippen molar-refractivity contribution in [2.75, 3.05) is 32.0 Å². The van der Waals surface area contributed by atoms with Crippen LogP contribution in [0.25, 0.3) is 0 Å². The van der Waals surface area contributed by atoms with E-state index in [0.717, 1.165) is 64.1 Å². The Labute approximate surface area is 329 Å². The lowest BCUT2D eigenvalue weighted by atomic mass is 9.33. The molecule has 0 spiro atoms. The highest BCUT2D eigenvalue weighted by molar-refractivity contribution is 7.92. The minimum absolute atomic E-state index is 0.00928. The van der Waals surface area contributed by atoms with Gasteiger partial charge in [-0.1, -0.05) is 72.3 Å². The van der Waals surface area contributed by atoms with Crippen LogP contribution in [-0.4, -0.2) is 68.1 Å². The Kier molecular flexibility index (Phi) is 10.1. The SMILES string of the molecule is C=C(C)[C@@H]1CC[C@]2(NCCN3C[C@@H]4C[C@H]3CS4(=O)=O)CC[C@]3(C)[C@H](CC[C@@H]4[C@@]5(C)CC=C(C6=CC[C@H](C(=O)OCCCC)CC6)C(C)(C)[C@@H]5CC[C@]43C)[C@@H]12. The van der Waals surface area contributed by atoms with Crippen LogP contribution in [0.3, 0.4) is 0 Å². The largest absolute Gasteiger partial charge is 0.465 e. The summed E-state index contributed by atoms with van der Waals surface area (Å²) in [6.07, 6.45) is 22.2. The molecule has 1 N–H and O–H groups in total. The van der Waals surface area contributed by atoms with Gasteiger partial charge in [0.1, 0.15) is 0 Å². The summed E-state index contributed by atoms with van der Waals surface area (Å²) in [5, 5.41) is 4.14. The van der Waals surface area contributed by atoms with Crippen molar-refractivity contribution in [1.29, 1.82) is 0 Å². The predicted octanol–water partition coefficient (Wildman–Crippen LogP) is 9.46. The third-order valence-electron chi connectivity index (χ3n) is 18.8. The minimum atomic E-state index is -2.86. The zero-order valence-corrected chi connectivity index (χ0v) is 35.9. The van der Waals surface area contributed by atoms with Crippen molar-refractivity contribution < 1.29 is 17.9 Å². The minimum Gasteiger partial charge on any atom is -0.465 e. The molecule has 0 aromatic heterocycles. The third kappa shape index (κ3) is 5.94. The molecule has 12 atom stereocenters. The maximum atomic E-state index is 12.8. The van der Waals surface area contributed by atoms with E-state index in [2.05, 4.69) is 77.4 Å². The van der Waals surface area contributed by atoms with Gasteiger partial charge in [-0.2, -0.15) is 0 Å². The molecule has 8 aliphatic rings. The van der Waals surface area contributed by atoms with Crippen LogP contribution in [0.5, 0.6) is 0 Å². The number of likely N-dealkylation sites (tertiary alicyclic amines) is 1. The fourth-order valence-corrected chi connectivity index (χ4v) is 17.9. The normalized spacial score (nSPS) is 46.1. The first-order valence-electron chi connectivity index (χ1n) is 22.4. The Morgan fingerprint density at radius 1 is 0.981 bits per heavy atom. The van der Waals surface area contributed by atoms with Crippen LogP contribution < -0.4 is 5.32 Å². The summed E-state index contributed by atoms with van der Waals surface area (Å²) < 4.78 is 30.5. The van der Waals surface area contributed by atoms with Crippen molar-refractivity contribution >= 4 is 15.8 Å². The van der Waals surface area contributed by atoms with Gasteiger partial charge in [-0.05, 0) is 159 Å². The molecule has 6 aliphatic carbocycles. The highest BCUT2D eigenvalue weighted by Crippen LogP contribution is 2.76. The molecule has 0 unspecified atom stereocenters. The molecule has 7 heteroatoms. The van der Waals surface area contributed by atoms with E-state index in [9.17, 15) is 13.2 Å². The fourth-order valence-electron chi connectivity index (χ4n) is 15.8. The third-order valence-corrected chi connectivity index (χ3v) is 21.0. The Morgan fingerprint density at radius 2 is 1.78 bits per heavy atom. The monoisotopic (exact) mass is 763 g/mol. The maximum Gasteiger partial charge on any atom is 0.309 e. The molecule has 2 bridgehead atoms. The summed E-state index contributed by atoms with van der Waals surface area (Å²) in [5.41, 5.74) is 5.68. The summed E-state index contributed by atoms with van der Waals surface area (Å²) in [7, 11) is -2.86. The second kappa shape index (κ2) is 13.8. The molecule has 4 saturated carbocycles. The molecular weight excluding hydrogens is 689 g/mol. The number of carbonyl (C=O) groups is 1. The van der Waals surface area contributed by atoms with Crippen molar-refractivity contribution in [1.82, 2.24) is 10.2 Å². The number of hydrogen-bond donors (Lipinski definition) is 1. The number of ether oxygens (including phenoxy) is 1. The predicted molar refractivity (Wildman–Crippen MR) is 220 cm³/mol. The van der Waals surface area contributed by atoms with E-state index in [0.29, 0.717) is 46.9 Å². The van der Waals surface area contributed by atoms with Crippen LogP contribution in [0, 0.1) is 57.2 Å². The first-order chi connectivity index (χ1) is 25.5. The first-order valence-corrected chi connectivity index (χ1v) is 24.1. The number of nitrogens with one attached hydrogen (secondary N) is 1. The lowest BCUT2D eigenvalue weighted by Crippen LogP contribution is -2.68. The second-order valence-electron chi connectivity index (χ2n) is 21.4. The molecule has 2 saturated heterocycles. The van der Waals surface area contributed by atoms with Gasteiger partial charge < -0.3 is 10.1 Å². The zero-order valence-electron chi connectivity index (χ0n) is 35.1. The van der Waals surface area contributed by atoms with E-state index < -0.39 is 9.84 Å². The Hall–Kier alpha value is -1.44. The summed E-state index contributed by atoms with van der Waals surface area (Å²) in [6, 6.07) is 0.233. The van der Waals surface area contributed by atoms with Crippen molar-refractivity contribution in [3.8, 4) is 0 Å². The number of rotatable bonds is 10. The fraction of sp³-hybridized carbons (Fsp3) is 0.851. The van der Waals surface area contributed by atoms with Gasteiger partial charge in [-0.3, -0.25) is 9.69 Å². The standard InChI is InChI=1S/C47H74N2O4S/c1-9-10-27-53-42(50)33-13-11-32(12-14-33)37-18-20-44(6)39(43(37,4)5)19-21-46(8)40(44)16-15-38-41-36(31(2)3)17-22-47(41,24-23-45(38,46)7)48-25-26-49-29-35-28-34(49)30-54(35,51)52/h11,18,33-36,38-41,48H,2,9-10,12-17,19-30H2,1,3-8H3/t33-,34-,35-,36-,38+,39-,40+,41+,44-,45+,46+,47-/m0/s1. The second-order valence-corrected chi connectivity index (χ2v) is 23.7. The van der Waals surface area contributed by atoms with Gasteiger partial charge in [-0.25, -0.2) is 8.42 Å². The number of unbranched alkanes of at least 4 members (excludes halogenated alkanes) is 1. The van der Waals surface area contributed by atoms with Gasteiger partial charge in [0.05, 0.1) is 23.5 Å². The molecule has 0 amide bonds. The molecule has 302 valence electrons. The lowest BCUT2D eigenvalue weighted by Gasteiger charge is -2.72. The Morgan fingerprint density at radius 3 is 2.44 bits per heavy atom. The number of esters is 1. The van der Waals surface area contributed by atoms with Gasteiger partial charge in [0, 0.05) is 31.2 Å². The van der Waals surface area contributed by atoms with Crippen molar-refractivity contribution in [3.05, 3.63) is 35.5 Å². The molecule has 54 heavy (non-hydrogen) atoms. The first kappa shape index (κ1) is 39.4. The maximum absolute atomic E-state index is 12.8. The summed E-state index contributed by atoms with van der Waals surface area (Å²) in [4.78, 5) is 15.3. The summed E-state index contributed by atoms with van der Waals surface area (Å²) in [5.74, 6) is 3.70.